The van der Waals surface area contributed by atoms with Crippen LogP contribution in [-0.2, 0) is 0 Å². The molecule has 1 aromatic heterocycles. The Kier molecular flexibility index (Phi) is 9.41. The van der Waals surface area contributed by atoms with Gasteiger partial charge in [-0.1, -0.05) is 45.4 Å². The van der Waals surface area contributed by atoms with Crippen molar-refractivity contribution >= 4 is 11.9 Å². The largest absolute Gasteiger partial charge is 0.337 e. The van der Waals surface area contributed by atoms with E-state index in [9.17, 15) is 9.59 Å². The molecule has 0 spiro atoms. The molecule has 0 unspecified atom stereocenters. The van der Waals surface area contributed by atoms with Crippen LogP contribution in [0.4, 0.5) is 4.79 Å². The highest BCUT2D eigenvalue weighted by Crippen LogP contribution is 2.06. The molecule has 0 aliphatic heterocycles. The van der Waals surface area contributed by atoms with Crippen molar-refractivity contribution in [1.29, 1.82) is 0 Å². The molecular formula is C16H26N4O2. The van der Waals surface area contributed by atoms with Crippen LogP contribution in [0.25, 0.3) is 0 Å². The van der Waals surface area contributed by atoms with E-state index in [0.717, 1.165) is 12.8 Å². The van der Waals surface area contributed by atoms with E-state index in [1.54, 1.807) is 12.1 Å². The third kappa shape index (κ3) is 8.24. The first-order chi connectivity index (χ1) is 10.7. The normalized spacial score (nSPS) is 10.0. The number of nitrogens with one attached hydrogen (secondary N) is 3. The summed E-state index contributed by atoms with van der Waals surface area (Å²) in [7, 11) is 0. The molecule has 0 saturated heterocycles. The molecule has 0 bridgehead atoms. The summed E-state index contributed by atoms with van der Waals surface area (Å²) in [5.41, 5.74) is 5.12. The van der Waals surface area contributed by atoms with Crippen molar-refractivity contribution in [2.75, 3.05) is 6.54 Å². The average molecular weight is 306 g/mol. The molecule has 6 nitrogen and oxygen atoms in total. The Balaban J connectivity index is 2.01. The maximum atomic E-state index is 11.7. The first kappa shape index (κ1) is 17.9. The molecule has 22 heavy (non-hydrogen) atoms. The minimum absolute atomic E-state index is 0.367. The summed E-state index contributed by atoms with van der Waals surface area (Å²) in [6, 6.07) is 2.76. The first-order valence-corrected chi connectivity index (χ1v) is 7.98. The molecule has 0 atom stereocenters. The van der Waals surface area contributed by atoms with Crippen molar-refractivity contribution < 1.29 is 9.59 Å². The highest BCUT2D eigenvalue weighted by atomic mass is 16.2. The number of nitrogens with zero attached hydrogens (tertiary/aromatic N) is 1. The molecule has 0 aromatic carbocycles. The van der Waals surface area contributed by atoms with Crippen molar-refractivity contribution in [3.8, 4) is 0 Å². The number of hydrogen-bond acceptors (Lipinski definition) is 3. The Hall–Kier alpha value is -2.11. The van der Waals surface area contributed by atoms with Crippen LogP contribution in [0.3, 0.4) is 0 Å². The number of hydrazine groups is 1. The molecule has 122 valence electrons. The van der Waals surface area contributed by atoms with Gasteiger partial charge in [-0.15, -0.1) is 0 Å². The van der Waals surface area contributed by atoms with Gasteiger partial charge in [-0.25, -0.2) is 10.2 Å². The number of carbonyl (C=O) groups excluding carboxylic acids is 2. The van der Waals surface area contributed by atoms with E-state index in [2.05, 4.69) is 28.1 Å². The van der Waals surface area contributed by atoms with Gasteiger partial charge in [0.25, 0.3) is 5.91 Å². The standard InChI is InChI=1S/C16H26N4O2/c1-2-3-4-5-6-7-8-11-18-16(22)20-19-15(21)14-9-12-17-13-10-14/h9-10,12-13H,2-8,11H2,1H3,(H,19,21)(H2,18,20,22). The maximum Gasteiger partial charge on any atom is 0.333 e. The Morgan fingerprint density at radius 3 is 2.27 bits per heavy atom. The summed E-state index contributed by atoms with van der Waals surface area (Å²) in [5, 5.41) is 2.71. The van der Waals surface area contributed by atoms with Crippen LogP contribution < -0.4 is 16.2 Å². The molecule has 3 N–H and O–H groups in total. The van der Waals surface area contributed by atoms with Crippen LogP contribution in [0, 0.1) is 0 Å². The lowest BCUT2D eigenvalue weighted by atomic mass is 10.1. The Bertz CT molecular complexity index is 437. The molecule has 0 fully saturated rings. The van der Waals surface area contributed by atoms with Crippen molar-refractivity contribution in [3.05, 3.63) is 30.1 Å². The van der Waals surface area contributed by atoms with E-state index >= 15 is 0 Å². The van der Waals surface area contributed by atoms with Gasteiger partial charge in [0, 0.05) is 24.5 Å². The Morgan fingerprint density at radius 1 is 0.955 bits per heavy atom. The molecule has 1 rings (SSSR count). The van der Waals surface area contributed by atoms with Crippen LogP contribution in [0.2, 0.25) is 0 Å². The van der Waals surface area contributed by atoms with Gasteiger partial charge < -0.3 is 5.32 Å². The molecule has 3 amide bonds. The zero-order valence-electron chi connectivity index (χ0n) is 13.2. The predicted octanol–water partition coefficient (Wildman–Crippen LogP) is 2.78. The highest BCUT2D eigenvalue weighted by molar-refractivity contribution is 5.95. The zero-order chi connectivity index (χ0) is 16.0. The number of urea groups is 1. The van der Waals surface area contributed by atoms with E-state index in [4.69, 9.17) is 0 Å². The number of carbonyl (C=O) groups is 2. The van der Waals surface area contributed by atoms with Gasteiger partial charge in [-0.2, -0.15) is 0 Å². The van der Waals surface area contributed by atoms with Gasteiger partial charge in [0.15, 0.2) is 0 Å². The van der Waals surface area contributed by atoms with Gasteiger partial charge in [-0.05, 0) is 18.6 Å². The second kappa shape index (κ2) is 11.5. The van der Waals surface area contributed by atoms with Crippen LogP contribution in [0.5, 0.6) is 0 Å². The van der Waals surface area contributed by atoms with E-state index in [1.165, 1.54) is 44.5 Å². The second-order valence-electron chi connectivity index (χ2n) is 5.19. The van der Waals surface area contributed by atoms with Crippen molar-refractivity contribution in [3.63, 3.8) is 0 Å². The topological polar surface area (TPSA) is 83.1 Å². The lowest BCUT2D eigenvalue weighted by Crippen LogP contribution is -2.47. The number of aromatic nitrogens is 1. The van der Waals surface area contributed by atoms with Crippen LogP contribution in [0.15, 0.2) is 24.5 Å². The smallest absolute Gasteiger partial charge is 0.333 e. The predicted molar refractivity (Wildman–Crippen MR) is 86.2 cm³/mol. The molecular weight excluding hydrogens is 280 g/mol. The third-order valence-corrected chi connectivity index (χ3v) is 3.30. The molecule has 0 saturated carbocycles. The van der Waals surface area contributed by atoms with Gasteiger partial charge in [-0.3, -0.25) is 15.2 Å². The van der Waals surface area contributed by atoms with E-state index in [1.807, 2.05) is 0 Å². The monoisotopic (exact) mass is 306 g/mol. The van der Waals surface area contributed by atoms with E-state index in [0.29, 0.717) is 12.1 Å². The summed E-state index contributed by atoms with van der Waals surface area (Å²) in [6.45, 7) is 2.82. The SMILES string of the molecule is CCCCCCCCCNC(=O)NNC(=O)c1ccncc1. The molecule has 0 aliphatic rings. The third-order valence-electron chi connectivity index (χ3n) is 3.30. The highest BCUT2D eigenvalue weighted by Gasteiger charge is 2.05. The zero-order valence-corrected chi connectivity index (χ0v) is 13.2. The summed E-state index contributed by atoms with van der Waals surface area (Å²) in [4.78, 5) is 27.0. The van der Waals surface area contributed by atoms with Crippen LogP contribution >= 0.6 is 0 Å². The number of amides is 3. The van der Waals surface area contributed by atoms with E-state index in [-0.39, 0.29) is 5.91 Å². The number of unbranched alkanes of at least 4 members (excludes halogenated alkanes) is 6. The van der Waals surface area contributed by atoms with Crippen molar-refractivity contribution in [2.24, 2.45) is 0 Å². The van der Waals surface area contributed by atoms with Gasteiger partial charge in [0.2, 0.25) is 0 Å². The second-order valence-corrected chi connectivity index (χ2v) is 5.19. The fraction of sp³-hybridized carbons (Fsp3) is 0.562. The Labute approximate surface area is 132 Å². The number of pyridine rings is 1. The fourth-order valence-electron chi connectivity index (χ4n) is 2.02. The summed E-state index contributed by atoms with van der Waals surface area (Å²) >= 11 is 0. The van der Waals surface area contributed by atoms with E-state index < -0.39 is 6.03 Å². The Morgan fingerprint density at radius 2 is 1.59 bits per heavy atom. The van der Waals surface area contributed by atoms with Crippen LogP contribution in [-0.4, -0.2) is 23.5 Å². The summed E-state index contributed by atoms with van der Waals surface area (Å²) in [5.74, 6) is -0.367. The molecule has 6 heteroatoms. The summed E-state index contributed by atoms with van der Waals surface area (Å²) in [6.07, 6.45) is 11.5. The maximum absolute atomic E-state index is 11.7. The number of rotatable bonds is 9. The molecule has 0 radical (unpaired) electrons. The minimum Gasteiger partial charge on any atom is -0.337 e. The average Bonchev–Trinajstić information content (AvgIpc) is 2.56. The van der Waals surface area contributed by atoms with Crippen molar-refractivity contribution in [2.45, 2.75) is 51.9 Å². The molecule has 1 aromatic rings. The van der Waals surface area contributed by atoms with Crippen molar-refractivity contribution in [1.82, 2.24) is 21.2 Å². The van der Waals surface area contributed by atoms with Gasteiger partial charge in [0.1, 0.15) is 0 Å². The lowest BCUT2D eigenvalue weighted by molar-refractivity contribution is 0.0936. The summed E-state index contributed by atoms with van der Waals surface area (Å²) < 4.78 is 0. The lowest BCUT2D eigenvalue weighted by Gasteiger charge is -2.08. The first-order valence-electron chi connectivity index (χ1n) is 7.98. The van der Waals surface area contributed by atoms with Crippen LogP contribution in [0.1, 0.15) is 62.2 Å². The fourth-order valence-corrected chi connectivity index (χ4v) is 2.02. The number of hydrogen-bond donors (Lipinski definition) is 3. The quantitative estimate of drug-likeness (QED) is 0.484. The molecule has 1 heterocycles. The minimum atomic E-state index is -0.395. The molecule has 0 aliphatic carbocycles. The van der Waals surface area contributed by atoms with Gasteiger partial charge >= 0.3 is 6.03 Å². The van der Waals surface area contributed by atoms with Gasteiger partial charge in [0.05, 0.1) is 0 Å².